The quantitative estimate of drug-likeness (QED) is 0.471. The van der Waals surface area contributed by atoms with Gasteiger partial charge in [-0.15, -0.1) is 0 Å². The van der Waals surface area contributed by atoms with Crippen LogP contribution in [0.15, 0.2) is 22.5 Å². The van der Waals surface area contributed by atoms with Crippen LogP contribution in [0.25, 0.3) is 11.6 Å². The Morgan fingerprint density at radius 3 is 1.54 bits per heavy atom. The van der Waals surface area contributed by atoms with Crippen molar-refractivity contribution in [2.75, 3.05) is 14.2 Å². The third kappa shape index (κ3) is 4.13. The molecule has 0 spiro atoms. The Balaban J connectivity index is 2.69. The number of ether oxygens (including phenoxy) is 2. The van der Waals surface area contributed by atoms with Gasteiger partial charge in [0, 0.05) is 44.5 Å². The summed E-state index contributed by atoms with van der Waals surface area (Å²) in [5, 5.41) is 11.8. The van der Waals surface area contributed by atoms with E-state index in [0.717, 1.165) is 39.0 Å². The van der Waals surface area contributed by atoms with Gasteiger partial charge >= 0.3 is 0 Å². The van der Waals surface area contributed by atoms with Crippen molar-refractivity contribution in [3.05, 3.63) is 44.7 Å². The zero-order chi connectivity index (χ0) is 27.0. The molecule has 4 heteroatoms. The molecule has 0 amide bonds. The Kier molecular flexibility index (Phi) is 6.20. The number of methoxy groups -OCH3 is 2. The number of carbonyl (C=O) groups is 1. The summed E-state index contributed by atoms with van der Waals surface area (Å²) in [6.45, 7) is 25.0. The summed E-state index contributed by atoms with van der Waals surface area (Å²) in [7, 11) is 3.29. The van der Waals surface area contributed by atoms with Crippen LogP contribution in [0.1, 0.15) is 105 Å². The van der Waals surface area contributed by atoms with Crippen LogP contribution in [0.3, 0.4) is 0 Å². The Morgan fingerprint density at radius 2 is 1.17 bits per heavy atom. The number of hydrogen-bond acceptors (Lipinski definition) is 4. The van der Waals surface area contributed by atoms with Gasteiger partial charge in [0.2, 0.25) is 0 Å². The molecular weight excluding hydrogens is 436 g/mol. The van der Waals surface area contributed by atoms with Crippen LogP contribution in [0.4, 0.5) is 0 Å². The summed E-state index contributed by atoms with van der Waals surface area (Å²) in [5.74, 6) is 1.52. The number of Topliss-reactive ketones (excluding diaryl/α,β-unsaturated/α-hetero) is 1. The maximum absolute atomic E-state index is 14.3. The van der Waals surface area contributed by atoms with Crippen molar-refractivity contribution in [2.24, 2.45) is 10.8 Å². The molecule has 0 atom stereocenters. The Labute approximate surface area is 212 Å². The van der Waals surface area contributed by atoms with Gasteiger partial charge in [-0.1, -0.05) is 83.1 Å². The van der Waals surface area contributed by atoms with E-state index in [-0.39, 0.29) is 22.4 Å². The standard InChI is InChI=1S/C31H44O4/c1-28(2,3)20-18-16(26(34-13)22(24(20)32)30(7,8)9)15-17-19(18)21(29(4,5)6)25(33)23(27(17)35-14)31(10,11)12/h15,32H,1-14H3. The van der Waals surface area contributed by atoms with E-state index >= 15 is 0 Å². The number of phenols is 1. The fourth-order valence-electron chi connectivity index (χ4n) is 5.64. The van der Waals surface area contributed by atoms with Crippen molar-refractivity contribution in [1.82, 2.24) is 0 Å². The van der Waals surface area contributed by atoms with E-state index in [9.17, 15) is 9.90 Å². The predicted molar refractivity (Wildman–Crippen MR) is 145 cm³/mol. The van der Waals surface area contributed by atoms with Crippen LogP contribution >= 0.6 is 0 Å². The smallest absolute Gasteiger partial charge is 0.190 e. The van der Waals surface area contributed by atoms with Crippen LogP contribution in [-0.4, -0.2) is 25.1 Å². The van der Waals surface area contributed by atoms with Crippen LogP contribution in [-0.2, 0) is 20.4 Å². The van der Waals surface area contributed by atoms with Crippen LogP contribution in [0.5, 0.6) is 11.5 Å². The molecule has 1 N–H and O–H groups in total. The maximum Gasteiger partial charge on any atom is 0.190 e. The number of aromatic hydroxyl groups is 1. The number of benzene rings is 1. The Bertz CT molecular complexity index is 1190. The predicted octanol–water partition coefficient (Wildman–Crippen LogP) is 7.72. The normalized spacial score (nSPS) is 17.0. The summed E-state index contributed by atoms with van der Waals surface area (Å²) in [4.78, 5) is 14.3. The Morgan fingerprint density at radius 1 is 0.686 bits per heavy atom. The van der Waals surface area contributed by atoms with E-state index in [1.165, 1.54) is 0 Å². The maximum atomic E-state index is 14.3. The van der Waals surface area contributed by atoms with Crippen molar-refractivity contribution >= 4 is 17.4 Å². The number of ketones is 1. The molecule has 35 heavy (non-hydrogen) atoms. The number of carbonyl (C=O) groups excluding carboxylic acids is 1. The van der Waals surface area contributed by atoms with Gasteiger partial charge < -0.3 is 14.6 Å². The summed E-state index contributed by atoms with van der Waals surface area (Å²) >= 11 is 0. The highest BCUT2D eigenvalue weighted by molar-refractivity contribution is 6.23. The minimum atomic E-state index is -0.427. The highest BCUT2D eigenvalue weighted by Gasteiger charge is 2.47. The second kappa shape index (κ2) is 8.01. The molecule has 1 aromatic carbocycles. The first-order valence-electron chi connectivity index (χ1n) is 12.5. The van der Waals surface area contributed by atoms with Gasteiger partial charge in [0.05, 0.1) is 14.2 Å². The lowest BCUT2D eigenvalue weighted by atomic mass is 9.66. The lowest BCUT2D eigenvalue weighted by Crippen LogP contribution is -2.32. The van der Waals surface area contributed by atoms with Gasteiger partial charge in [-0.25, -0.2) is 0 Å². The molecule has 1 aromatic rings. The molecule has 0 unspecified atom stereocenters. The van der Waals surface area contributed by atoms with E-state index in [2.05, 4.69) is 89.2 Å². The number of fused-ring (bicyclic) bond motifs is 3. The van der Waals surface area contributed by atoms with Gasteiger partial charge in [-0.3, -0.25) is 4.79 Å². The van der Waals surface area contributed by atoms with Gasteiger partial charge in [0.15, 0.2) is 5.78 Å². The van der Waals surface area contributed by atoms with Gasteiger partial charge in [0.1, 0.15) is 17.3 Å². The SMILES string of the molecule is COC1=C(C(C)(C)C)C(=O)C(C(C)(C)C)=C2C1=Cc1c(OC)c(C(C)(C)C)c(O)c(C(C)(C)C)c12. The molecule has 2 aliphatic carbocycles. The fourth-order valence-corrected chi connectivity index (χ4v) is 5.64. The monoisotopic (exact) mass is 480 g/mol. The number of phenolic OH excluding ortho intramolecular Hbond substituents is 1. The van der Waals surface area contributed by atoms with Crippen molar-refractivity contribution in [1.29, 1.82) is 0 Å². The first kappa shape index (κ1) is 27.1. The average molecular weight is 481 g/mol. The van der Waals surface area contributed by atoms with E-state index in [1.807, 2.05) is 0 Å². The van der Waals surface area contributed by atoms with Crippen LogP contribution in [0, 0.1) is 10.8 Å². The van der Waals surface area contributed by atoms with E-state index in [1.54, 1.807) is 14.2 Å². The van der Waals surface area contributed by atoms with Crippen LogP contribution < -0.4 is 4.74 Å². The van der Waals surface area contributed by atoms with Crippen molar-refractivity contribution in [3.8, 4) is 11.5 Å². The minimum Gasteiger partial charge on any atom is -0.507 e. The topological polar surface area (TPSA) is 55.8 Å². The first-order valence-corrected chi connectivity index (χ1v) is 12.5. The van der Waals surface area contributed by atoms with E-state index in [4.69, 9.17) is 9.47 Å². The van der Waals surface area contributed by atoms with Crippen molar-refractivity contribution in [2.45, 2.75) is 93.9 Å². The van der Waals surface area contributed by atoms with E-state index < -0.39 is 10.8 Å². The number of allylic oxidation sites excluding steroid dienone is 3. The Hall–Kier alpha value is -2.49. The zero-order valence-corrected chi connectivity index (χ0v) is 24.2. The molecule has 0 radical (unpaired) electrons. The molecule has 0 bridgehead atoms. The molecule has 3 rings (SSSR count). The highest BCUT2D eigenvalue weighted by Crippen LogP contribution is 2.59. The van der Waals surface area contributed by atoms with E-state index in [0.29, 0.717) is 17.1 Å². The molecular formula is C31H44O4. The number of rotatable bonds is 2. The first-order chi connectivity index (χ1) is 15.7. The largest absolute Gasteiger partial charge is 0.507 e. The molecule has 0 heterocycles. The lowest BCUT2D eigenvalue weighted by Gasteiger charge is -2.37. The summed E-state index contributed by atoms with van der Waals surface area (Å²) in [6, 6.07) is 0. The molecule has 0 aliphatic heterocycles. The molecule has 0 aromatic heterocycles. The molecule has 0 saturated heterocycles. The molecule has 4 nitrogen and oxygen atoms in total. The summed E-state index contributed by atoms with van der Waals surface area (Å²) < 4.78 is 12.0. The summed E-state index contributed by atoms with van der Waals surface area (Å²) in [5.41, 5.74) is 5.03. The van der Waals surface area contributed by atoms with Crippen molar-refractivity contribution < 1.29 is 19.4 Å². The fraction of sp³-hybridized carbons (Fsp3) is 0.581. The van der Waals surface area contributed by atoms with Gasteiger partial charge in [-0.05, 0) is 27.7 Å². The highest BCUT2D eigenvalue weighted by atomic mass is 16.5. The molecule has 192 valence electrons. The third-order valence-electron chi connectivity index (χ3n) is 6.86. The lowest BCUT2D eigenvalue weighted by molar-refractivity contribution is -0.114. The van der Waals surface area contributed by atoms with Gasteiger partial charge in [0.25, 0.3) is 0 Å². The zero-order valence-electron chi connectivity index (χ0n) is 24.2. The molecule has 0 saturated carbocycles. The number of hydrogen-bond donors (Lipinski definition) is 1. The molecule has 2 aliphatic rings. The van der Waals surface area contributed by atoms with Crippen LogP contribution in [0.2, 0.25) is 0 Å². The van der Waals surface area contributed by atoms with Crippen molar-refractivity contribution in [3.63, 3.8) is 0 Å². The summed E-state index contributed by atoms with van der Waals surface area (Å²) in [6.07, 6.45) is 2.11. The second-order valence-electron chi connectivity index (χ2n) is 14.0. The third-order valence-corrected chi connectivity index (χ3v) is 6.86. The van der Waals surface area contributed by atoms with Gasteiger partial charge in [-0.2, -0.15) is 0 Å². The average Bonchev–Trinajstić information content (AvgIpc) is 3.00. The minimum absolute atomic E-state index is 0.0139. The molecule has 0 fully saturated rings. The second-order valence-corrected chi connectivity index (χ2v) is 14.0.